The number of carbonyl (C=O) groups is 1. The van der Waals surface area contributed by atoms with Gasteiger partial charge in [0.05, 0.1) is 0 Å². The highest BCUT2D eigenvalue weighted by atomic mass is 16.5. The number of amides is 1. The molecule has 0 saturated heterocycles. The van der Waals surface area contributed by atoms with Gasteiger partial charge in [0.2, 0.25) is 0 Å². The van der Waals surface area contributed by atoms with Crippen molar-refractivity contribution >= 4 is 5.91 Å². The highest BCUT2D eigenvalue weighted by Crippen LogP contribution is 2.20. The Kier molecular flexibility index (Phi) is 3.90. The molecule has 0 aromatic heterocycles. The molecule has 2 rings (SSSR count). The van der Waals surface area contributed by atoms with Crippen molar-refractivity contribution in [2.45, 2.75) is 13.8 Å². The van der Waals surface area contributed by atoms with E-state index in [0.29, 0.717) is 18.0 Å². The summed E-state index contributed by atoms with van der Waals surface area (Å²) >= 11 is 0. The molecule has 0 atom stereocenters. The number of rotatable bonds is 3. The summed E-state index contributed by atoms with van der Waals surface area (Å²) in [5.74, 6) is 1.32. The van der Waals surface area contributed by atoms with E-state index in [4.69, 9.17) is 4.74 Å². The SMILES string of the molecule is CNC(=O)C1=CC(Oc2ccc(C)c(C)c2)=CCN1. The fraction of sp³-hybridized carbons (Fsp3) is 0.267. The first-order valence-corrected chi connectivity index (χ1v) is 6.23. The van der Waals surface area contributed by atoms with E-state index in [2.05, 4.69) is 17.6 Å². The standard InChI is InChI=1S/C15H18N2O2/c1-10-4-5-12(8-11(10)2)19-13-6-7-17-14(9-13)15(18)16-3/h4-6,8-9,17H,7H2,1-3H3,(H,16,18). The molecule has 100 valence electrons. The van der Waals surface area contributed by atoms with Crippen molar-refractivity contribution in [1.82, 2.24) is 10.6 Å². The monoisotopic (exact) mass is 258 g/mol. The van der Waals surface area contributed by atoms with Gasteiger partial charge in [0.1, 0.15) is 17.2 Å². The second-order valence-electron chi connectivity index (χ2n) is 4.47. The molecule has 1 amide bonds. The van der Waals surface area contributed by atoms with Crippen LogP contribution in [0.15, 0.2) is 41.8 Å². The summed E-state index contributed by atoms with van der Waals surface area (Å²) in [6, 6.07) is 5.94. The van der Waals surface area contributed by atoms with Gasteiger partial charge < -0.3 is 15.4 Å². The van der Waals surface area contributed by atoms with E-state index < -0.39 is 0 Å². The molecule has 0 spiro atoms. The van der Waals surface area contributed by atoms with Gasteiger partial charge >= 0.3 is 0 Å². The Morgan fingerprint density at radius 2 is 2.11 bits per heavy atom. The molecule has 19 heavy (non-hydrogen) atoms. The van der Waals surface area contributed by atoms with Crippen LogP contribution in [0.5, 0.6) is 5.75 Å². The van der Waals surface area contributed by atoms with E-state index in [9.17, 15) is 4.79 Å². The molecule has 0 bridgehead atoms. The van der Waals surface area contributed by atoms with E-state index in [0.717, 1.165) is 5.75 Å². The molecule has 0 unspecified atom stereocenters. The van der Waals surface area contributed by atoms with Crippen LogP contribution in [0.3, 0.4) is 0 Å². The third-order valence-electron chi connectivity index (χ3n) is 3.07. The van der Waals surface area contributed by atoms with Crippen molar-refractivity contribution in [2.75, 3.05) is 13.6 Å². The minimum atomic E-state index is -0.144. The predicted molar refractivity (Wildman–Crippen MR) is 74.8 cm³/mol. The number of hydrogen-bond acceptors (Lipinski definition) is 3. The lowest BCUT2D eigenvalue weighted by Gasteiger charge is -2.16. The van der Waals surface area contributed by atoms with Crippen molar-refractivity contribution < 1.29 is 9.53 Å². The molecule has 4 heteroatoms. The van der Waals surface area contributed by atoms with E-state index in [1.165, 1.54) is 11.1 Å². The van der Waals surface area contributed by atoms with Gasteiger partial charge in [-0.3, -0.25) is 4.79 Å². The number of ether oxygens (including phenoxy) is 1. The third kappa shape index (κ3) is 3.16. The highest BCUT2D eigenvalue weighted by Gasteiger charge is 2.12. The molecule has 0 aliphatic carbocycles. The molecular formula is C15H18N2O2. The summed E-state index contributed by atoms with van der Waals surface area (Å²) in [7, 11) is 1.60. The first-order valence-electron chi connectivity index (χ1n) is 6.23. The zero-order chi connectivity index (χ0) is 13.8. The summed E-state index contributed by atoms with van der Waals surface area (Å²) in [5.41, 5.74) is 2.93. The number of aryl methyl sites for hydroxylation is 2. The summed E-state index contributed by atoms with van der Waals surface area (Å²) in [6.07, 6.45) is 3.61. The van der Waals surface area contributed by atoms with Gasteiger partial charge in [-0.15, -0.1) is 0 Å². The topological polar surface area (TPSA) is 50.4 Å². The average Bonchev–Trinajstić information content (AvgIpc) is 2.42. The van der Waals surface area contributed by atoms with Gasteiger partial charge in [-0.1, -0.05) is 6.07 Å². The smallest absolute Gasteiger partial charge is 0.267 e. The fourth-order valence-electron chi connectivity index (χ4n) is 1.78. The summed E-state index contributed by atoms with van der Waals surface area (Å²) in [6.45, 7) is 4.69. The molecule has 2 N–H and O–H groups in total. The van der Waals surface area contributed by atoms with Crippen LogP contribution in [0.4, 0.5) is 0 Å². The van der Waals surface area contributed by atoms with Gasteiger partial charge in [0.15, 0.2) is 0 Å². The summed E-state index contributed by atoms with van der Waals surface area (Å²) in [4.78, 5) is 11.5. The predicted octanol–water partition coefficient (Wildman–Crippen LogP) is 1.80. The second-order valence-corrected chi connectivity index (χ2v) is 4.47. The van der Waals surface area contributed by atoms with Gasteiger partial charge in [-0.25, -0.2) is 0 Å². The Hall–Kier alpha value is -2.23. The Bertz CT molecular complexity index is 559. The van der Waals surface area contributed by atoms with Gasteiger partial charge in [0, 0.05) is 19.7 Å². The normalized spacial score (nSPS) is 14.1. The minimum absolute atomic E-state index is 0.144. The van der Waals surface area contributed by atoms with E-state index >= 15 is 0 Å². The molecule has 1 aliphatic rings. The molecule has 0 saturated carbocycles. The largest absolute Gasteiger partial charge is 0.458 e. The second kappa shape index (κ2) is 5.61. The Labute approximate surface area is 113 Å². The third-order valence-corrected chi connectivity index (χ3v) is 3.07. The lowest BCUT2D eigenvalue weighted by Crippen LogP contribution is -2.31. The van der Waals surface area contributed by atoms with Crippen LogP contribution in [-0.4, -0.2) is 19.5 Å². The Balaban J connectivity index is 2.14. The molecule has 4 nitrogen and oxygen atoms in total. The fourth-order valence-corrected chi connectivity index (χ4v) is 1.78. The van der Waals surface area contributed by atoms with Crippen LogP contribution in [0.25, 0.3) is 0 Å². The maximum Gasteiger partial charge on any atom is 0.267 e. The molecule has 1 aromatic rings. The zero-order valence-electron chi connectivity index (χ0n) is 11.4. The molecular weight excluding hydrogens is 240 g/mol. The van der Waals surface area contributed by atoms with Gasteiger partial charge in [0.25, 0.3) is 5.91 Å². The van der Waals surface area contributed by atoms with Gasteiger partial charge in [-0.2, -0.15) is 0 Å². The van der Waals surface area contributed by atoms with Crippen molar-refractivity contribution in [3.05, 3.63) is 52.9 Å². The zero-order valence-corrected chi connectivity index (χ0v) is 11.4. The van der Waals surface area contributed by atoms with Crippen LogP contribution in [0, 0.1) is 13.8 Å². The summed E-state index contributed by atoms with van der Waals surface area (Å²) in [5, 5.41) is 5.58. The van der Waals surface area contributed by atoms with E-state index in [-0.39, 0.29) is 5.91 Å². The van der Waals surface area contributed by atoms with Gasteiger partial charge in [-0.05, 0) is 43.2 Å². The Morgan fingerprint density at radius 1 is 1.32 bits per heavy atom. The number of hydrogen-bond donors (Lipinski definition) is 2. The quantitative estimate of drug-likeness (QED) is 0.869. The van der Waals surface area contributed by atoms with Crippen molar-refractivity contribution in [3.8, 4) is 5.75 Å². The first-order chi connectivity index (χ1) is 9.10. The number of allylic oxidation sites excluding steroid dienone is 1. The maximum atomic E-state index is 11.5. The van der Waals surface area contributed by atoms with Crippen molar-refractivity contribution in [2.24, 2.45) is 0 Å². The highest BCUT2D eigenvalue weighted by molar-refractivity contribution is 5.93. The average molecular weight is 258 g/mol. The van der Waals surface area contributed by atoms with E-state index in [1.807, 2.05) is 31.2 Å². The number of nitrogens with one attached hydrogen (secondary N) is 2. The number of likely N-dealkylation sites (N-methyl/N-ethyl adjacent to an activating group) is 1. The van der Waals surface area contributed by atoms with Crippen LogP contribution >= 0.6 is 0 Å². The minimum Gasteiger partial charge on any atom is -0.458 e. The van der Waals surface area contributed by atoms with Crippen LogP contribution in [-0.2, 0) is 4.79 Å². The first kappa shape index (κ1) is 13.2. The van der Waals surface area contributed by atoms with Crippen LogP contribution < -0.4 is 15.4 Å². The molecule has 1 aliphatic heterocycles. The lowest BCUT2D eigenvalue weighted by molar-refractivity contribution is -0.117. The number of benzene rings is 1. The summed E-state index contributed by atoms with van der Waals surface area (Å²) < 4.78 is 5.78. The van der Waals surface area contributed by atoms with Crippen molar-refractivity contribution in [3.63, 3.8) is 0 Å². The van der Waals surface area contributed by atoms with Crippen LogP contribution in [0.1, 0.15) is 11.1 Å². The molecule has 0 fully saturated rings. The molecule has 1 aromatic carbocycles. The molecule has 1 heterocycles. The van der Waals surface area contributed by atoms with Crippen LogP contribution in [0.2, 0.25) is 0 Å². The lowest BCUT2D eigenvalue weighted by atomic mass is 10.1. The number of dihydropyridines is 1. The molecule has 0 radical (unpaired) electrons. The van der Waals surface area contributed by atoms with Crippen molar-refractivity contribution in [1.29, 1.82) is 0 Å². The van der Waals surface area contributed by atoms with E-state index in [1.54, 1.807) is 13.1 Å². The Morgan fingerprint density at radius 3 is 2.79 bits per heavy atom. The maximum absolute atomic E-state index is 11.5. The number of carbonyl (C=O) groups excluding carboxylic acids is 1.